The second-order valence-corrected chi connectivity index (χ2v) is 6.19. The first-order chi connectivity index (χ1) is 10.7. The predicted molar refractivity (Wildman–Crippen MR) is 83.9 cm³/mol. The van der Waals surface area contributed by atoms with Crippen molar-refractivity contribution in [3.05, 3.63) is 45.6 Å². The van der Waals surface area contributed by atoms with Crippen LogP contribution in [0.2, 0.25) is 4.34 Å². The summed E-state index contributed by atoms with van der Waals surface area (Å²) >= 11 is 7.03. The van der Waals surface area contributed by atoms with Crippen LogP contribution < -0.4 is 5.32 Å². The summed E-state index contributed by atoms with van der Waals surface area (Å²) in [6.45, 7) is 3.03. The lowest BCUT2D eigenvalue weighted by Gasteiger charge is -2.00. The highest BCUT2D eigenvalue weighted by Crippen LogP contribution is 2.21. The third kappa shape index (κ3) is 3.05. The first-order valence-electron chi connectivity index (χ1n) is 6.69. The lowest BCUT2D eigenvalue weighted by atomic mass is 10.4. The van der Waals surface area contributed by atoms with Crippen LogP contribution in [0.25, 0.3) is 11.5 Å². The summed E-state index contributed by atoms with van der Waals surface area (Å²) < 4.78 is 7.76. The fourth-order valence-corrected chi connectivity index (χ4v) is 2.96. The highest BCUT2D eigenvalue weighted by Gasteiger charge is 2.13. The van der Waals surface area contributed by atoms with Gasteiger partial charge in [0.25, 0.3) is 5.91 Å². The molecule has 3 rings (SSSR count). The normalized spacial score (nSPS) is 10.8. The molecule has 0 radical (unpaired) electrons. The van der Waals surface area contributed by atoms with Crippen molar-refractivity contribution in [2.45, 2.75) is 20.0 Å². The van der Waals surface area contributed by atoms with Crippen LogP contribution in [-0.2, 0) is 13.1 Å². The molecule has 3 aromatic rings. The van der Waals surface area contributed by atoms with E-state index in [0.29, 0.717) is 20.9 Å². The fraction of sp³-hybridized carbons (Fsp3) is 0.214. The fourth-order valence-electron chi connectivity index (χ4n) is 2.00. The van der Waals surface area contributed by atoms with Gasteiger partial charge in [0.1, 0.15) is 0 Å². The predicted octanol–water partition coefficient (Wildman–Crippen LogP) is 3.20. The first-order valence-corrected chi connectivity index (χ1v) is 7.88. The minimum atomic E-state index is -0.214. The van der Waals surface area contributed by atoms with Gasteiger partial charge in [-0.25, -0.2) is 0 Å². The maximum Gasteiger partial charge on any atom is 0.261 e. The van der Waals surface area contributed by atoms with Crippen molar-refractivity contribution in [1.29, 1.82) is 0 Å². The van der Waals surface area contributed by atoms with E-state index >= 15 is 0 Å². The van der Waals surface area contributed by atoms with Gasteiger partial charge in [-0.2, -0.15) is 4.98 Å². The number of nitrogens with one attached hydrogen (secondary N) is 1. The van der Waals surface area contributed by atoms with Crippen LogP contribution in [0, 0.1) is 0 Å². The molecule has 1 amide bonds. The van der Waals surface area contributed by atoms with Gasteiger partial charge in [-0.05, 0) is 31.2 Å². The summed E-state index contributed by atoms with van der Waals surface area (Å²) in [6.07, 6.45) is 1.95. The summed E-state index contributed by atoms with van der Waals surface area (Å²) in [6, 6.07) is 7.21. The van der Waals surface area contributed by atoms with Gasteiger partial charge in [-0.15, -0.1) is 11.3 Å². The van der Waals surface area contributed by atoms with Crippen molar-refractivity contribution < 1.29 is 9.32 Å². The Kier molecular flexibility index (Phi) is 4.26. The molecule has 3 aromatic heterocycles. The molecule has 3 heterocycles. The third-order valence-electron chi connectivity index (χ3n) is 3.06. The minimum absolute atomic E-state index is 0.175. The number of carbonyl (C=O) groups excluding carboxylic acids is 1. The van der Waals surface area contributed by atoms with Gasteiger partial charge in [-0.1, -0.05) is 16.8 Å². The second-order valence-electron chi connectivity index (χ2n) is 4.48. The van der Waals surface area contributed by atoms with E-state index in [1.54, 1.807) is 12.1 Å². The number of hydrogen-bond donors (Lipinski definition) is 1. The standard InChI is InChI=1S/C14H13ClN4O2S/c1-2-19-7-3-4-9(19)13-17-12(21-18-13)8-16-14(20)10-5-6-11(15)22-10/h3-7H,2,8H2,1H3,(H,16,20). The SMILES string of the molecule is CCn1cccc1-c1noc(CNC(=O)c2ccc(Cl)s2)n1. The Bertz CT molecular complexity index is 792. The molecule has 0 aliphatic heterocycles. The topological polar surface area (TPSA) is 73.0 Å². The second kappa shape index (κ2) is 6.33. The third-order valence-corrected chi connectivity index (χ3v) is 4.29. The van der Waals surface area contributed by atoms with Crippen LogP contribution in [0.5, 0.6) is 0 Å². The van der Waals surface area contributed by atoms with E-state index in [1.807, 2.05) is 29.8 Å². The Morgan fingerprint density at radius 3 is 3.05 bits per heavy atom. The maximum absolute atomic E-state index is 11.9. The first kappa shape index (κ1) is 14.8. The van der Waals surface area contributed by atoms with Gasteiger partial charge in [-0.3, -0.25) is 4.79 Å². The number of halogens is 1. The summed E-state index contributed by atoms with van der Waals surface area (Å²) in [4.78, 5) is 16.8. The number of hydrogen-bond acceptors (Lipinski definition) is 5. The van der Waals surface area contributed by atoms with Crippen LogP contribution in [0.3, 0.4) is 0 Å². The highest BCUT2D eigenvalue weighted by atomic mass is 35.5. The quantitative estimate of drug-likeness (QED) is 0.776. The number of carbonyl (C=O) groups is 1. The van der Waals surface area contributed by atoms with E-state index in [0.717, 1.165) is 12.2 Å². The molecule has 0 aromatic carbocycles. The molecule has 0 aliphatic rings. The van der Waals surface area contributed by atoms with Crippen molar-refractivity contribution in [2.24, 2.45) is 0 Å². The van der Waals surface area contributed by atoms with E-state index in [9.17, 15) is 4.79 Å². The molecule has 1 N–H and O–H groups in total. The average molecular weight is 337 g/mol. The smallest absolute Gasteiger partial charge is 0.261 e. The van der Waals surface area contributed by atoms with Crippen molar-refractivity contribution in [2.75, 3.05) is 0 Å². The van der Waals surface area contributed by atoms with Gasteiger partial charge in [0.05, 0.1) is 21.5 Å². The van der Waals surface area contributed by atoms with E-state index in [1.165, 1.54) is 11.3 Å². The molecule has 8 heteroatoms. The molecule has 114 valence electrons. The van der Waals surface area contributed by atoms with Crippen molar-refractivity contribution in [3.63, 3.8) is 0 Å². The molecule has 0 saturated carbocycles. The van der Waals surface area contributed by atoms with E-state index in [4.69, 9.17) is 16.1 Å². The number of aryl methyl sites for hydroxylation is 1. The Labute approximate surface area is 135 Å². The van der Waals surface area contributed by atoms with Crippen LogP contribution in [-0.4, -0.2) is 20.6 Å². The van der Waals surface area contributed by atoms with Crippen LogP contribution in [0.1, 0.15) is 22.5 Å². The monoisotopic (exact) mass is 336 g/mol. The molecular formula is C14H13ClN4O2S. The van der Waals surface area contributed by atoms with E-state index in [2.05, 4.69) is 15.5 Å². The Morgan fingerprint density at radius 2 is 2.32 bits per heavy atom. The lowest BCUT2D eigenvalue weighted by Crippen LogP contribution is -2.21. The number of amides is 1. The Hall–Kier alpha value is -2.12. The lowest BCUT2D eigenvalue weighted by molar-refractivity contribution is 0.0950. The van der Waals surface area contributed by atoms with Crippen LogP contribution in [0.4, 0.5) is 0 Å². The van der Waals surface area contributed by atoms with Gasteiger partial charge in [0.2, 0.25) is 11.7 Å². The van der Waals surface area contributed by atoms with Crippen LogP contribution in [0.15, 0.2) is 35.0 Å². The molecule has 0 unspecified atom stereocenters. The zero-order valence-corrected chi connectivity index (χ0v) is 13.3. The van der Waals surface area contributed by atoms with Gasteiger partial charge in [0, 0.05) is 12.7 Å². The molecule has 0 spiro atoms. The zero-order valence-electron chi connectivity index (χ0n) is 11.7. The summed E-state index contributed by atoms with van der Waals surface area (Å²) in [5, 5.41) is 6.67. The summed E-state index contributed by atoms with van der Waals surface area (Å²) in [7, 11) is 0. The zero-order chi connectivity index (χ0) is 15.5. The number of rotatable bonds is 5. The van der Waals surface area contributed by atoms with Crippen molar-refractivity contribution in [1.82, 2.24) is 20.0 Å². The highest BCUT2D eigenvalue weighted by molar-refractivity contribution is 7.17. The summed E-state index contributed by atoms with van der Waals surface area (Å²) in [5.41, 5.74) is 0.883. The molecule has 6 nitrogen and oxygen atoms in total. The van der Waals surface area contributed by atoms with Crippen molar-refractivity contribution in [3.8, 4) is 11.5 Å². The molecule has 22 heavy (non-hydrogen) atoms. The number of thiophene rings is 1. The molecule has 0 fully saturated rings. The van der Waals surface area contributed by atoms with E-state index < -0.39 is 0 Å². The Balaban J connectivity index is 1.66. The molecular weight excluding hydrogens is 324 g/mol. The Morgan fingerprint density at radius 1 is 1.45 bits per heavy atom. The minimum Gasteiger partial charge on any atom is -0.345 e. The number of aromatic nitrogens is 3. The number of nitrogens with zero attached hydrogens (tertiary/aromatic N) is 3. The summed E-state index contributed by atoms with van der Waals surface area (Å²) in [5.74, 6) is 0.652. The molecule has 0 saturated heterocycles. The van der Waals surface area contributed by atoms with Crippen LogP contribution >= 0.6 is 22.9 Å². The molecule has 0 bridgehead atoms. The van der Waals surface area contributed by atoms with Crippen molar-refractivity contribution >= 4 is 28.8 Å². The average Bonchev–Trinajstić information content (AvgIpc) is 3.24. The van der Waals surface area contributed by atoms with Gasteiger partial charge < -0.3 is 14.4 Å². The maximum atomic E-state index is 11.9. The van der Waals surface area contributed by atoms with Gasteiger partial charge >= 0.3 is 0 Å². The molecule has 0 aliphatic carbocycles. The largest absolute Gasteiger partial charge is 0.345 e. The van der Waals surface area contributed by atoms with Gasteiger partial charge in [0.15, 0.2) is 0 Å². The van der Waals surface area contributed by atoms with E-state index in [-0.39, 0.29) is 12.5 Å². The molecule has 0 atom stereocenters.